The van der Waals surface area contributed by atoms with Crippen LogP contribution in [0.1, 0.15) is 36.7 Å². The summed E-state index contributed by atoms with van der Waals surface area (Å²) in [6, 6.07) is 3.62. The zero-order valence-electron chi connectivity index (χ0n) is 11.5. The quantitative estimate of drug-likeness (QED) is 0.844. The van der Waals surface area contributed by atoms with E-state index in [0.717, 1.165) is 5.56 Å². The lowest BCUT2D eigenvalue weighted by atomic mass is 10.1. The van der Waals surface area contributed by atoms with Gasteiger partial charge in [-0.05, 0) is 39.3 Å². The number of aromatic nitrogens is 2. The summed E-state index contributed by atoms with van der Waals surface area (Å²) in [6.45, 7) is 7.47. The largest absolute Gasteiger partial charge is 0.347 e. The standard InChI is InChI=1S/C14H17N3O2/c1-9-5-6-11-15-7-10(13(19)17(11)8-9)12(18)16-14(2,3)4/h5-8H,1-4H3,(H,16,18). The Morgan fingerprint density at radius 1 is 1.32 bits per heavy atom. The molecule has 2 heterocycles. The van der Waals surface area contributed by atoms with E-state index in [-0.39, 0.29) is 11.1 Å². The van der Waals surface area contributed by atoms with Crippen LogP contribution in [0.25, 0.3) is 5.65 Å². The highest BCUT2D eigenvalue weighted by Gasteiger charge is 2.18. The van der Waals surface area contributed by atoms with Gasteiger partial charge in [0.05, 0.1) is 0 Å². The Labute approximate surface area is 111 Å². The smallest absolute Gasteiger partial charge is 0.270 e. The van der Waals surface area contributed by atoms with Gasteiger partial charge in [-0.3, -0.25) is 14.0 Å². The van der Waals surface area contributed by atoms with Crippen molar-refractivity contribution in [3.63, 3.8) is 0 Å². The molecule has 0 unspecified atom stereocenters. The number of hydrogen-bond donors (Lipinski definition) is 1. The first-order chi connectivity index (χ1) is 8.78. The maximum Gasteiger partial charge on any atom is 0.270 e. The van der Waals surface area contributed by atoms with Gasteiger partial charge in [-0.25, -0.2) is 4.98 Å². The molecular formula is C14H17N3O2. The second-order valence-corrected chi connectivity index (χ2v) is 5.62. The van der Waals surface area contributed by atoms with Gasteiger partial charge in [0.2, 0.25) is 0 Å². The van der Waals surface area contributed by atoms with Crippen LogP contribution in [0.15, 0.2) is 29.3 Å². The predicted molar refractivity (Wildman–Crippen MR) is 73.4 cm³/mol. The van der Waals surface area contributed by atoms with Crippen molar-refractivity contribution in [2.75, 3.05) is 0 Å². The van der Waals surface area contributed by atoms with Gasteiger partial charge in [0.15, 0.2) is 0 Å². The summed E-state index contributed by atoms with van der Waals surface area (Å²) in [5.41, 5.74) is 0.775. The molecule has 0 aliphatic carbocycles. The van der Waals surface area contributed by atoms with Crippen molar-refractivity contribution >= 4 is 11.6 Å². The summed E-state index contributed by atoms with van der Waals surface area (Å²) in [5.74, 6) is -0.402. The van der Waals surface area contributed by atoms with Crippen LogP contribution >= 0.6 is 0 Å². The van der Waals surface area contributed by atoms with E-state index in [1.165, 1.54) is 10.6 Å². The van der Waals surface area contributed by atoms with Gasteiger partial charge in [-0.15, -0.1) is 0 Å². The highest BCUT2D eigenvalue weighted by atomic mass is 16.2. The van der Waals surface area contributed by atoms with Gasteiger partial charge in [-0.1, -0.05) is 6.07 Å². The van der Waals surface area contributed by atoms with Crippen LogP contribution in [0.3, 0.4) is 0 Å². The minimum atomic E-state index is -0.402. The highest BCUT2D eigenvalue weighted by molar-refractivity contribution is 5.94. The zero-order chi connectivity index (χ0) is 14.2. The first kappa shape index (κ1) is 13.3. The molecular weight excluding hydrogens is 242 g/mol. The Hall–Kier alpha value is -2.17. The van der Waals surface area contributed by atoms with Gasteiger partial charge in [0.25, 0.3) is 11.5 Å². The highest BCUT2D eigenvalue weighted by Crippen LogP contribution is 2.04. The first-order valence-corrected chi connectivity index (χ1v) is 6.08. The van der Waals surface area contributed by atoms with E-state index >= 15 is 0 Å². The third-order valence-corrected chi connectivity index (χ3v) is 2.58. The Kier molecular flexibility index (Phi) is 3.14. The number of amides is 1. The average molecular weight is 259 g/mol. The predicted octanol–water partition coefficient (Wildman–Crippen LogP) is 1.53. The van der Waals surface area contributed by atoms with E-state index in [0.29, 0.717) is 5.65 Å². The van der Waals surface area contributed by atoms with Gasteiger partial charge < -0.3 is 5.32 Å². The number of nitrogens with zero attached hydrogens (tertiary/aromatic N) is 2. The summed E-state index contributed by atoms with van der Waals surface area (Å²) < 4.78 is 1.40. The van der Waals surface area contributed by atoms with Crippen LogP contribution in [-0.4, -0.2) is 20.8 Å². The fourth-order valence-electron chi connectivity index (χ4n) is 1.75. The van der Waals surface area contributed by atoms with Crippen LogP contribution in [0.2, 0.25) is 0 Å². The van der Waals surface area contributed by atoms with E-state index in [2.05, 4.69) is 10.3 Å². The number of aryl methyl sites for hydroxylation is 1. The molecule has 2 rings (SSSR count). The molecule has 19 heavy (non-hydrogen) atoms. The van der Waals surface area contributed by atoms with E-state index in [1.807, 2.05) is 33.8 Å². The van der Waals surface area contributed by atoms with Crippen molar-refractivity contribution in [1.82, 2.24) is 14.7 Å². The molecule has 0 aliphatic heterocycles. The lowest BCUT2D eigenvalue weighted by molar-refractivity contribution is 0.0917. The summed E-state index contributed by atoms with van der Waals surface area (Å²) >= 11 is 0. The maximum atomic E-state index is 12.3. The van der Waals surface area contributed by atoms with Gasteiger partial charge in [-0.2, -0.15) is 0 Å². The monoisotopic (exact) mass is 259 g/mol. The zero-order valence-corrected chi connectivity index (χ0v) is 11.5. The van der Waals surface area contributed by atoms with Crippen LogP contribution in [-0.2, 0) is 0 Å². The number of rotatable bonds is 1. The molecule has 1 N–H and O–H groups in total. The molecule has 0 saturated carbocycles. The van der Waals surface area contributed by atoms with Crippen molar-refractivity contribution in [3.05, 3.63) is 46.0 Å². The summed E-state index contributed by atoms with van der Waals surface area (Å²) in [5, 5.41) is 2.76. The molecule has 1 amide bonds. The average Bonchev–Trinajstić information content (AvgIpc) is 2.28. The summed E-state index contributed by atoms with van der Waals surface area (Å²) in [7, 11) is 0. The Morgan fingerprint density at radius 3 is 2.63 bits per heavy atom. The number of nitrogens with one attached hydrogen (secondary N) is 1. The summed E-state index contributed by atoms with van der Waals surface area (Å²) in [4.78, 5) is 28.5. The fourth-order valence-corrected chi connectivity index (χ4v) is 1.75. The van der Waals surface area contributed by atoms with Crippen LogP contribution in [0.4, 0.5) is 0 Å². The number of pyridine rings is 1. The molecule has 0 fully saturated rings. The Bertz CT molecular complexity index is 696. The van der Waals surface area contributed by atoms with E-state index in [9.17, 15) is 9.59 Å². The third-order valence-electron chi connectivity index (χ3n) is 2.58. The molecule has 0 aliphatic rings. The molecule has 0 radical (unpaired) electrons. The Balaban J connectivity index is 2.54. The fraction of sp³-hybridized carbons (Fsp3) is 0.357. The van der Waals surface area contributed by atoms with Crippen molar-refractivity contribution < 1.29 is 4.79 Å². The lowest BCUT2D eigenvalue weighted by Crippen LogP contribution is -2.43. The van der Waals surface area contributed by atoms with E-state index in [1.54, 1.807) is 12.3 Å². The molecule has 0 atom stereocenters. The molecule has 100 valence electrons. The van der Waals surface area contributed by atoms with Crippen LogP contribution < -0.4 is 10.9 Å². The molecule has 0 saturated heterocycles. The minimum absolute atomic E-state index is 0.0537. The molecule has 5 heteroatoms. The van der Waals surface area contributed by atoms with Crippen molar-refractivity contribution in [2.24, 2.45) is 0 Å². The molecule has 0 spiro atoms. The number of carbonyl (C=O) groups excluding carboxylic acids is 1. The summed E-state index contributed by atoms with van der Waals surface area (Å²) in [6.07, 6.45) is 3.01. The minimum Gasteiger partial charge on any atom is -0.347 e. The molecule has 0 bridgehead atoms. The van der Waals surface area contributed by atoms with Gasteiger partial charge >= 0.3 is 0 Å². The van der Waals surface area contributed by atoms with Crippen molar-refractivity contribution in [1.29, 1.82) is 0 Å². The van der Waals surface area contributed by atoms with E-state index in [4.69, 9.17) is 0 Å². The molecule has 0 aromatic carbocycles. The van der Waals surface area contributed by atoms with Crippen molar-refractivity contribution in [2.45, 2.75) is 33.2 Å². The Morgan fingerprint density at radius 2 is 2.00 bits per heavy atom. The lowest BCUT2D eigenvalue weighted by Gasteiger charge is -2.20. The van der Waals surface area contributed by atoms with Gasteiger partial charge in [0, 0.05) is 17.9 Å². The normalized spacial score (nSPS) is 11.6. The second kappa shape index (κ2) is 4.50. The molecule has 2 aromatic rings. The van der Waals surface area contributed by atoms with Crippen LogP contribution in [0, 0.1) is 6.92 Å². The second-order valence-electron chi connectivity index (χ2n) is 5.62. The van der Waals surface area contributed by atoms with Crippen LogP contribution in [0.5, 0.6) is 0 Å². The first-order valence-electron chi connectivity index (χ1n) is 6.08. The van der Waals surface area contributed by atoms with E-state index < -0.39 is 11.4 Å². The molecule has 5 nitrogen and oxygen atoms in total. The SMILES string of the molecule is Cc1ccc2ncc(C(=O)NC(C)(C)C)c(=O)n2c1. The maximum absolute atomic E-state index is 12.3. The number of carbonyl (C=O) groups is 1. The molecule has 2 aromatic heterocycles. The topological polar surface area (TPSA) is 63.5 Å². The number of fused-ring (bicyclic) bond motifs is 1. The number of hydrogen-bond acceptors (Lipinski definition) is 3. The van der Waals surface area contributed by atoms with Gasteiger partial charge in [0.1, 0.15) is 11.2 Å². The van der Waals surface area contributed by atoms with Crippen molar-refractivity contribution in [3.8, 4) is 0 Å². The third kappa shape index (κ3) is 2.81.